The van der Waals surface area contributed by atoms with E-state index in [0.717, 1.165) is 18.8 Å². The van der Waals surface area contributed by atoms with Gasteiger partial charge < -0.3 is 10.1 Å². The molecule has 2 nitrogen and oxygen atoms in total. The summed E-state index contributed by atoms with van der Waals surface area (Å²) >= 11 is 0. The van der Waals surface area contributed by atoms with Crippen LogP contribution in [0.15, 0.2) is 36.4 Å². The van der Waals surface area contributed by atoms with Crippen LogP contribution in [0.5, 0.6) is 5.75 Å². The van der Waals surface area contributed by atoms with Crippen LogP contribution in [0.2, 0.25) is 0 Å². The summed E-state index contributed by atoms with van der Waals surface area (Å²) in [5.74, 6) is 0.984. The second-order valence-corrected chi connectivity index (χ2v) is 5.12. The van der Waals surface area contributed by atoms with Crippen LogP contribution in [-0.2, 0) is 6.54 Å². The highest BCUT2D eigenvalue weighted by atomic mass is 16.5. The van der Waals surface area contributed by atoms with E-state index in [0.29, 0.717) is 0 Å². The number of nitrogens with one attached hydrogen (secondary N) is 1. The topological polar surface area (TPSA) is 21.3 Å². The number of ether oxygens (including phenoxy) is 1. The summed E-state index contributed by atoms with van der Waals surface area (Å²) < 4.78 is 5.42. The highest BCUT2D eigenvalue weighted by Crippen LogP contribution is 2.29. The number of rotatable bonds is 5. The summed E-state index contributed by atoms with van der Waals surface area (Å²) in [6, 6.07) is 13.1. The Bertz CT molecular complexity index is 549. The monoisotopic (exact) mass is 269 g/mol. The molecule has 0 saturated carbocycles. The lowest BCUT2D eigenvalue weighted by Gasteiger charge is -2.12. The van der Waals surface area contributed by atoms with Gasteiger partial charge in [-0.15, -0.1) is 0 Å². The zero-order chi connectivity index (χ0) is 14.5. The van der Waals surface area contributed by atoms with Crippen molar-refractivity contribution in [3.8, 4) is 16.9 Å². The van der Waals surface area contributed by atoms with Crippen LogP contribution < -0.4 is 10.1 Å². The maximum atomic E-state index is 5.42. The van der Waals surface area contributed by atoms with Crippen LogP contribution in [0.4, 0.5) is 0 Å². The molecule has 0 radical (unpaired) electrons. The van der Waals surface area contributed by atoms with E-state index in [1.54, 1.807) is 7.11 Å². The summed E-state index contributed by atoms with van der Waals surface area (Å²) in [6.45, 7) is 8.23. The predicted octanol–water partition coefficient (Wildman–Crippen LogP) is 4.09. The number of aryl methyl sites for hydroxylation is 2. The van der Waals surface area contributed by atoms with Crippen molar-refractivity contribution in [2.24, 2.45) is 0 Å². The minimum Gasteiger partial charge on any atom is -0.496 e. The van der Waals surface area contributed by atoms with Crippen molar-refractivity contribution in [3.63, 3.8) is 0 Å². The van der Waals surface area contributed by atoms with E-state index in [1.807, 2.05) is 0 Å². The molecular weight excluding hydrogens is 246 g/mol. The second kappa shape index (κ2) is 6.58. The van der Waals surface area contributed by atoms with Gasteiger partial charge in [0.2, 0.25) is 0 Å². The van der Waals surface area contributed by atoms with E-state index < -0.39 is 0 Å². The quantitative estimate of drug-likeness (QED) is 0.882. The third-order valence-electron chi connectivity index (χ3n) is 3.53. The zero-order valence-electron chi connectivity index (χ0n) is 12.8. The van der Waals surface area contributed by atoms with Gasteiger partial charge in [-0.3, -0.25) is 0 Å². The third-order valence-corrected chi connectivity index (χ3v) is 3.53. The van der Waals surface area contributed by atoms with Crippen molar-refractivity contribution >= 4 is 0 Å². The van der Waals surface area contributed by atoms with Gasteiger partial charge in [-0.2, -0.15) is 0 Å². The van der Waals surface area contributed by atoms with Gasteiger partial charge >= 0.3 is 0 Å². The Morgan fingerprint density at radius 3 is 2.05 bits per heavy atom. The lowest BCUT2D eigenvalue weighted by molar-refractivity contribution is 0.408. The molecule has 2 aromatic rings. The summed E-state index contributed by atoms with van der Waals surface area (Å²) in [7, 11) is 1.73. The lowest BCUT2D eigenvalue weighted by Crippen LogP contribution is -2.11. The van der Waals surface area contributed by atoms with Gasteiger partial charge in [-0.25, -0.2) is 0 Å². The van der Waals surface area contributed by atoms with E-state index in [-0.39, 0.29) is 0 Å². The highest BCUT2D eigenvalue weighted by molar-refractivity contribution is 5.67. The van der Waals surface area contributed by atoms with Gasteiger partial charge in [0.15, 0.2) is 0 Å². The Labute approximate surface area is 121 Å². The van der Waals surface area contributed by atoms with Crippen molar-refractivity contribution in [2.45, 2.75) is 27.3 Å². The molecule has 2 aromatic carbocycles. The fourth-order valence-electron chi connectivity index (χ4n) is 2.52. The first-order valence-electron chi connectivity index (χ1n) is 7.11. The molecule has 2 heteroatoms. The molecule has 0 saturated heterocycles. The molecule has 2 rings (SSSR count). The molecule has 0 aliphatic heterocycles. The molecule has 0 spiro atoms. The number of methoxy groups -OCH3 is 1. The molecule has 0 aliphatic carbocycles. The van der Waals surface area contributed by atoms with Gasteiger partial charge in [0.25, 0.3) is 0 Å². The molecular formula is C18H23NO. The average Bonchev–Trinajstić information content (AvgIpc) is 2.45. The van der Waals surface area contributed by atoms with Gasteiger partial charge in [-0.1, -0.05) is 31.2 Å². The minimum atomic E-state index is 0.928. The lowest BCUT2D eigenvalue weighted by atomic mass is 9.99. The fraction of sp³-hybridized carbons (Fsp3) is 0.333. The van der Waals surface area contributed by atoms with Crippen molar-refractivity contribution < 1.29 is 4.74 Å². The largest absolute Gasteiger partial charge is 0.496 e. The summed E-state index contributed by atoms with van der Waals surface area (Å²) in [4.78, 5) is 0. The number of hydrogen-bond donors (Lipinski definition) is 1. The first kappa shape index (κ1) is 14.6. The molecule has 0 unspecified atom stereocenters. The molecule has 0 aliphatic rings. The maximum absolute atomic E-state index is 5.42. The normalized spacial score (nSPS) is 10.6. The first-order chi connectivity index (χ1) is 9.65. The van der Waals surface area contributed by atoms with Crippen LogP contribution in [0.25, 0.3) is 11.1 Å². The molecule has 0 aromatic heterocycles. The zero-order valence-corrected chi connectivity index (χ0v) is 12.8. The number of hydrogen-bond acceptors (Lipinski definition) is 2. The number of benzene rings is 2. The van der Waals surface area contributed by atoms with Gasteiger partial charge in [0, 0.05) is 6.54 Å². The van der Waals surface area contributed by atoms with Crippen molar-refractivity contribution in [2.75, 3.05) is 13.7 Å². The standard InChI is InChI=1S/C18H23NO/c1-5-19-12-15-6-8-16(9-7-15)17-10-13(2)18(20-4)14(3)11-17/h6-11,19H,5,12H2,1-4H3. The van der Waals surface area contributed by atoms with Crippen molar-refractivity contribution in [1.29, 1.82) is 0 Å². The SMILES string of the molecule is CCNCc1ccc(-c2cc(C)c(OC)c(C)c2)cc1. The van der Waals surface area contributed by atoms with Crippen LogP contribution in [0, 0.1) is 13.8 Å². The van der Waals surface area contributed by atoms with E-state index in [4.69, 9.17) is 4.74 Å². The van der Waals surface area contributed by atoms with E-state index in [1.165, 1.54) is 27.8 Å². The molecule has 20 heavy (non-hydrogen) atoms. The van der Waals surface area contributed by atoms with Gasteiger partial charge in [0.05, 0.1) is 7.11 Å². The van der Waals surface area contributed by atoms with Crippen LogP contribution >= 0.6 is 0 Å². The molecule has 0 fully saturated rings. The van der Waals surface area contributed by atoms with E-state index in [2.05, 4.69) is 62.5 Å². The summed E-state index contributed by atoms with van der Waals surface area (Å²) in [5.41, 5.74) is 6.17. The molecule has 0 amide bonds. The smallest absolute Gasteiger partial charge is 0.124 e. The fourth-order valence-corrected chi connectivity index (χ4v) is 2.52. The highest BCUT2D eigenvalue weighted by Gasteiger charge is 2.06. The minimum absolute atomic E-state index is 0.928. The van der Waals surface area contributed by atoms with Gasteiger partial charge in [-0.05, 0) is 60.3 Å². The molecule has 1 N–H and O–H groups in total. The summed E-state index contributed by atoms with van der Waals surface area (Å²) in [5, 5.41) is 3.34. The Balaban J connectivity index is 2.27. The van der Waals surface area contributed by atoms with Crippen LogP contribution in [-0.4, -0.2) is 13.7 Å². The molecule has 0 bridgehead atoms. The Hall–Kier alpha value is -1.80. The van der Waals surface area contributed by atoms with Crippen LogP contribution in [0.3, 0.4) is 0 Å². The molecule has 106 valence electrons. The van der Waals surface area contributed by atoms with Crippen molar-refractivity contribution in [3.05, 3.63) is 53.1 Å². The maximum Gasteiger partial charge on any atom is 0.124 e. The third kappa shape index (κ3) is 3.20. The van der Waals surface area contributed by atoms with Crippen LogP contribution in [0.1, 0.15) is 23.6 Å². The van der Waals surface area contributed by atoms with Crippen molar-refractivity contribution in [1.82, 2.24) is 5.32 Å². The Morgan fingerprint density at radius 2 is 1.55 bits per heavy atom. The Kier molecular flexibility index (Phi) is 4.80. The molecule has 0 heterocycles. The second-order valence-electron chi connectivity index (χ2n) is 5.12. The molecule has 0 atom stereocenters. The summed E-state index contributed by atoms with van der Waals surface area (Å²) in [6.07, 6.45) is 0. The van der Waals surface area contributed by atoms with E-state index >= 15 is 0 Å². The van der Waals surface area contributed by atoms with E-state index in [9.17, 15) is 0 Å². The predicted molar refractivity (Wildman–Crippen MR) is 85.3 cm³/mol. The van der Waals surface area contributed by atoms with Gasteiger partial charge in [0.1, 0.15) is 5.75 Å². The Morgan fingerprint density at radius 1 is 0.950 bits per heavy atom. The average molecular weight is 269 g/mol. The first-order valence-corrected chi connectivity index (χ1v) is 7.11.